The topological polar surface area (TPSA) is 67.6 Å². The zero-order valence-electron chi connectivity index (χ0n) is 9.80. The van der Waals surface area contributed by atoms with Gasteiger partial charge < -0.3 is 9.32 Å². The summed E-state index contributed by atoms with van der Waals surface area (Å²) < 4.78 is 27.7. The van der Waals surface area contributed by atoms with Crippen molar-refractivity contribution in [3.63, 3.8) is 0 Å². The van der Waals surface area contributed by atoms with Crippen molar-refractivity contribution in [3.05, 3.63) is 16.5 Å². The van der Waals surface area contributed by atoms with Crippen LogP contribution in [0.25, 0.3) is 0 Å². The van der Waals surface area contributed by atoms with Gasteiger partial charge in [0, 0.05) is 29.3 Å². The fourth-order valence-corrected chi connectivity index (χ4v) is 4.97. The van der Waals surface area contributed by atoms with Gasteiger partial charge in [0.25, 0.3) is 15.0 Å². The Balaban J connectivity index is 1.89. The van der Waals surface area contributed by atoms with Crippen LogP contribution in [0.2, 0.25) is 0 Å². The van der Waals surface area contributed by atoms with Gasteiger partial charge in [0.15, 0.2) is 10.4 Å². The molecule has 0 aromatic carbocycles. The molecule has 8 heteroatoms. The summed E-state index contributed by atoms with van der Waals surface area (Å²) in [6, 6.07) is 1.44. The van der Waals surface area contributed by atoms with Crippen LogP contribution in [-0.2, 0) is 9.05 Å². The van der Waals surface area contributed by atoms with Crippen LogP contribution in [0.1, 0.15) is 29.8 Å². The molecule has 19 heavy (non-hydrogen) atoms. The van der Waals surface area contributed by atoms with E-state index >= 15 is 0 Å². The molecule has 1 aromatic rings. The van der Waals surface area contributed by atoms with Crippen molar-refractivity contribution in [2.24, 2.45) is 5.92 Å². The molecule has 2 aliphatic rings. The molecule has 5 nitrogen and oxygen atoms in total. The molecule has 2 atom stereocenters. The largest absolute Gasteiger partial charge is 0.443 e. The van der Waals surface area contributed by atoms with Gasteiger partial charge in [-0.05, 0) is 41.1 Å². The van der Waals surface area contributed by atoms with Gasteiger partial charge >= 0.3 is 0 Å². The zero-order chi connectivity index (χ0) is 13.8. The van der Waals surface area contributed by atoms with Gasteiger partial charge in [0.05, 0.1) is 0 Å². The third-order valence-electron chi connectivity index (χ3n) is 3.80. The van der Waals surface area contributed by atoms with E-state index in [1.807, 2.05) is 0 Å². The van der Waals surface area contributed by atoms with Gasteiger partial charge in [-0.25, -0.2) is 8.42 Å². The molecule has 2 fully saturated rings. The summed E-state index contributed by atoms with van der Waals surface area (Å²) >= 11 is 2.97. The summed E-state index contributed by atoms with van der Waals surface area (Å²) in [4.78, 5) is 13.9. The molecule has 1 aliphatic heterocycles. The van der Waals surface area contributed by atoms with Crippen LogP contribution in [0, 0.1) is 5.92 Å². The standard InChI is InChI=1S/C11H11BrClNO4S/c12-10-9(19(13,16)17)4-8(18-10)11(15)14-5-6-1-2-7(14)3-6/h4,6-7H,1-3,5H2. The highest BCUT2D eigenvalue weighted by Crippen LogP contribution is 2.39. The maximum Gasteiger partial charge on any atom is 0.289 e. The molecule has 1 aromatic heterocycles. The minimum Gasteiger partial charge on any atom is -0.443 e. The number of furan rings is 1. The van der Waals surface area contributed by atoms with Crippen molar-refractivity contribution < 1.29 is 17.6 Å². The number of hydrogen-bond acceptors (Lipinski definition) is 4. The first-order chi connectivity index (χ1) is 8.86. The monoisotopic (exact) mass is 367 g/mol. The molecular formula is C11H11BrClNO4S. The summed E-state index contributed by atoms with van der Waals surface area (Å²) in [6.45, 7) is 0.727. The Morgan fingerprint density at radius 1 is 1.47 bits per heavy atom. The highest BCUT2D eigenvalue weighted by Gasteiger charge is 2.41. The van der Waals surface area contributed by atoms with Gasteiger partial charge in [0.1, 0.15) is 4.90 Å². The molecule has 1 aliphatic carbocycles. The second-order valence-corrected chi connectivity index (χ2v) is 8.23. The summed E-state index contributed by atoms with van der Waals surface area (Å²) in [5, 5.41) is 0. The van der Waals surface area contributed by atoms with Crippen molar-refractivity contribution in [2.75, 3.05) is 6.54 Å². The lowest BCUT2D eigenvalue weighted by atomic mass is 10.1. The normalized spacial score (nSPS) is 26.1. The van der Waals surface area contributed by atoms with Gasteiger partial charge in [-0.2, -0.15) is 0 Å². The Bertz CT molecular complexity index is 641. The predicted octanol–water partition coefficient (Wildman–Crippen LogP) is 2.59. The molecule has 1 saturated carbocycles. The highest BCUT2D eigenvalue weighted by atomic mass is 79.9. The van der Waals surface area contributed by atoms with Gasteiger partial charge in [-0.3, -0.25) is 4.79 Å². The molecule has 3 rings (SSSR count). The molecular weight excluding hydrogens is 358 g/mol. The molecule has 0 radical (unpaired) electrons. The Morgan fingerprint density at radius 2 is 2.21 bits per heavy atom. The lowest BCUT2D eigenvalue weighted by Gasteiger charge is -2.25. The van der Waals surface area contributed by atoms with Crippen LogP contribution in [-0.4, -0.2) is 31.8 Å². The number of hydrogen-bond donors (Lipinski definition) is 0. The minimum atomic E-state index is -3.92. The third-order valence-corrected chi connectivity index (χ3v) is 5.98. The minimum absolute atomic E-state index is 0.0126. The Morgan fingerprint density at radius 3 is 2.68 bits per heavy atom. The fourth-order valence-electron chi connectivity index (χ4n) is 2.94. The Kier molecular flexibility index (Phi) is 3.18. The van der Waals surface area contributed by atoms with E-state index in [4.69, 9.17) is 15.1 Å². The average Bonchev–Trinajstić information content (AvgIpc) is 3.00. The van der Waals surface area contributed by atoms with Crippen molar-refractivity contribution in [3.8, 4) is 0 Å². The number of likely N-dealkylation sites (tertiary alicyclic amines) is 1. The zero-order valence-corrected chi connectivity index (χ0v) is 13.0. The first-order valence-electron chi connectivity index (χ1n) is 5.91. The maximum absolute atomic E-state index is 12.3. The van der Waals surface area contributed by atoms with E-state index in [1.54, 1.807) is 4.90 Å². The van der Waals surface area contributed by atoms with Crippen LogP contribution in [0.5, 0.6) is 0 Å². The molecule has 0 spiro atoms. The van der Waals surface area contributed by atoms with Crippen molar-refractivity contribution in [1.82, 2.24) is 4.90 Å². The first kappa shape index (κ1) is 13.5. The number of halogens is 2. The van der Waals surface area contributed by atoms with E-state index in [9.17, 15) is 13.2 Å². The van der Waals surface area contributed by atoms with E-state index in [2.05, 4.69) is 15.9 Å². The van der Waals surface area contributed by atoms with Gasteiger partial charge in [-0.1, -0.05) is 0 Å². The summed E-state index contributed by atoms with van der Waals surface area (Å²) in [5.74, 6) is 0.321. The van der Waals surface area contributed by atoms with Crippen LogP contribution in [0.3, 0.4) is 0 Å². The summed E-state index contributed by atoms with van der Waals surface area (Å²) in [7, 11) is 1.34. The molecule has 104 valence electrons. The summed E-state index contributed by atoms with van der Waals surface area (Å²) in [5.41, 5.74) is 0. The molecule has 2 unspecified atom stereocenters. The number of amides is 1. The number of nitrogens with zero attached hydrogens (tertiary/aromatic N) is 1. The number of piperidine rings is 1. The van der Waals surface area contributed by atoms with Crippen LogP contribution in [0.15, 0.2) is 20.0 Å². The molecule has 0 N–H and O–H groups in total. The van der Waals surface area contributed by atoms with Gasteiger partial charge in [0.2, 0.25) is 0 Å². The Hall–Kier alpha value is -0.530. The predicted molar refractivity (Wildman–Crippen MR) is 71.6 cm³/mol. The summed E-state index contributed by atoms with van der Waals surface area (Å²) in [6.07, 6.45) is 3.21. The first-order valence-corrected chi connectivity index (χ1v) is 9.01. The van der Waals surface area contributed by atoms with E-state index in [-0.39, 0.29) is 27.3 Å². The Labute approximate surface area is 123 Å². The van der Waals surface area contributed by atoms with Crippen molar-refractivity contribution in [2.45, 2.75) is 30.2 Å². The fraction of sp³-hybridized carbons (Fsp3) is 0.545. The van der Waals surface area contributed by atoms with Crippen LogP contribution >= 0.6 is 26.6 Å². The van der Waals surface area contributed by atoms with E-state index in [0.29, 0.717) is 5.92 Å². The van der Waals surface area contributed by atoms with Gasteiger partial charge in [-0.15, -0.1) is 0 Å². The number of rotatable bonds is 2. The number of fused-ring (bicyclic) bond motifs is 2. The molecule has 1 amide bonds. The lowest BCUT2D eigenvalue weighted by molar-refractivity contribution is 0.0669. The maximum atomic E-state index is 12.3. The smallest absolute Gasteiger partial charge is 0.289 e. The number of carbonyl (C=O) groups is 1. The van der Waals surface area contributed by atoms with E-state index in [0.717, 1.165) is 25.8 Å². The molecule has 1 saturated heterocycles. The van der Waals surface area contributed by atoms with E-state index < -0.39 is 9.05 Å². The van der Waals surface area contributed by atoms with Crippen LogP contribution < -0.4 is 0 Å². The van der Waals surface area contributed by atoms with Crippen LogP contribution in [0.4, 0.5) is 0 Å². The number of carbonyl (C=O) groups excluding carboxylic acids is 1. The highest BCUT2D eigenvalue weighted by molar-refractivity contribution is 9.10. The third kappa shape index (κ3) is 2.32. The second kappa shape index (κ2) is 4.49. The average molecular weight is 369 g/mol. The SMILES string of the molecule is O=C(c1cc(S(=O)(=O)Cl)c(Br)o1)N1CC2CCC1C2. The quantitative estimate of drug-likeness (QED) is 0.753. The second-order valence-electron chi connectivity index (χ2n) is 4.98. The molecule has 2 bridgehead atoms. The van der Waals surface area contributed by atoms with Crippen molar-refractivity contribution >= 4 is 41.6 Å². The lowest BCUT2D eigenvalue weighted by Crippen LogP contribution is -2.37. The van der Waals surface area contributed by atoms with E-state index in [1.165, 1.54) is 6.07 Å². The van der Waals surface area contributed by atoms with Crippen molar-refractivity contribution in [1.29, 1.82) is 0 Å². The molecule has 2 heterocycles.